The summed E-state index contributed by atoms with van der Waals surface area (Å²) in [6, 6.07) is 6.40. The lowest BCUT2D eigenvalue weighted by Crippen LogP contribution is -1.98. The number of hydrogen-bond donors (Lipinski definition) is 0. The monoisotopic (exact) mass is 322 g/mol. The van der Waals surface area contributed by atoms with Gasteiger partial charge in [-0.15, -0.1) is 0 Å². The first-order valence-electron chi connectivity index (χ1n) is 6.46. The maximum absolute atomic E-state index is 5.56. The minimum absolute atomic E-state index is 0.800. The molecule has 0 heterocycles. The fraction of sp³-hybridized carbons (Fsp3) is 0.375. The molecule has 0 saturated heterocycles. The zero-order valence-electron chi connectivity index (χ0n) is 11.8. The third-order valence-electron chi connectivity index (χ3n) is 3.36. The Balaban J connectivity index is 2.83. The second-order valence-electron chi connectivity index (χ2n) is 4.66. The molecule has 2 rings (SSSR count). The van der Waals surface area contributed by atoms with E-state index in [-0.39, 0.29) is 0 Å². The standard InChI is InChI=1S/C16H19BrO2/c1-5-6-12-13-7-10(2)14(17)8-11(13)9-15(18-3)16(12)19-4/h7-9H,5-6H2,1-4H3. The van der Waals surface area contributed by atoms with Crippen molar-refractivity contribution in [2.45, 2.75) is 26.7 Å². The Labute approximate surface area is 122 Å². The van der Waals surface area contributed by atoms with Gasteiger partial charge in [0.1, 0.15) is 0 Å². The number of fused-ring (bicyclic) bond motifs is 1. The topological polar surface area (TPSA) is 18.5 Å². The van der Waals surface area contributed by atoms with Crippen LogP contribution in [0.5, 0.6) is 11.5 Å². The SMILES string of the molecule is CCCc1c(OC)c(OC)cc2cc(Br)c(C)cc12. The number of ether oxygens (including phenoxy) is 2. The van der Waals surface area contributed by atoms with Gasteiger partial charge < -0.3 is 9.47 Å². The molecule has 0 radical (unpaired) electrons. The molecule has 0 fully saturated rings. The van der Waals surface area contributed by atoms with Gasteiger partial charge in [-0.25, -0.2) is 0 Å². The molecular weight excluding hydrogens is 304 g/mol. The minimum Gasteiger partial charge on any atom is -0.493 e. The predicted molar refractivity (Wildman–Crippen MR) is 83.5 cm³/mol. The highest BCUT2D eigenvalue weighted by atomic mass is 79.9. The maximum atomic E-state index is 5.56. The number of rotatable bonds is 4. The van der Waals surface area contributed by atoms with Crippen LogP contribution in [0.25, 0.3) is 10.8 Å². The highest BCUT2D eigenvalue weighted by molar-refractivity contribution is 9.10. The lowest BCUT2D eigenvalue weighted by molar-refractivity contribution is 0.352. The largest absolute Gasteiger partial charge is 0.493 e. The fourth-order valence-electron chi connectivity index (χ4n) is 2.43. The number of benzene rings is 2. The zero-order valence-corrected chi connectivity index (χ0v) is 13.4. The smallest absolute Gasteiger partial charge is 0.164 e. The van der Waals surface area contributed by atoms with Gasteiger partial charge in [0.25, 0.3) is 0 Å². The van der Waals surface area contributed by atoms with Crippen LogP contribution in [0.3, 0.4) is 0 Å². The summed E-state index contributed by atoms with van der Waals surface area (Å²) in [4.78, 5) is 0. The van der Waals surface area contributed by atoms with Gasteiger partial charge >= 0.3 is 0 Å². The van der Waals surface area contributed by atoms with Gasteiger partial charge in [-0.2, -0.15) is 0 Å². The van der Waals surface area contributed by atoms with Crippen molar-refractivity contribution < 1.29 is 9.47 Å². The van der Waals surface area contributed by atoms with Crippen molar-refractivity contribution in [3.05, 3.63) is 33.8 Å². The van der Waals surface area contributed by atoms with Crippen LogP contribution in [0.15, 0.2) is 22.7 Å². The normalized spacial score (nSPS) is 10.8. The van der Waals surface area contributed by atoms with Crippen LogP contribution >= 0.6 is 15.9 Å². The minimum atomic E-state index is 0.800. The average molecular weight is 323 g/mol. The molecule has 0 N–H and O–H groups in total. The van der Waals surface area contributed by atoms with E-state index in [4.69, 9.17) is 9.47 Å². The van der Waals surface area contributed by atoms with Gasteiger partial charge in [-0.3, -0.25) is 0 Å². The Morgan fingerprint density at radius 2 is 1.84 bits per heavy atom. The van der Waals surface area contributed by atoms with E-state index in [9.17, 15) is 0 Å². The van der Waals surface area contributed by atoms with Crippen LogP contribution in [0.1, 0.15) is 24.5 Å². The van der Waals surface area contributed by atoms with E-state index in [2.05, 4.69) is 41.9 Å². The molecule has 0 spiro atoms. The zero-order chi connectivity index (χ0) is 14.0. The van der Waals surface area contributed by atoms with Crippen LogP contribution in [-0.4, -0.2) is 14.2 Å². The molecule has 0 unspecified atom stereocenters. The van der Waals surface area contributed by atoms with Crippen LogP contribution in [0, 0.1) is 6.92 Å². The molecule has 0 aliphatic carbocycles. The van der Waals surface area contributed by atoms with Gasteiger partial charge in [0.15, 0.2) is 11.5 Å². The van der Waals surface area contributed by atoms with E-state index in [1.165, 1.54) is 21.9 Å². The molecule has 2 aromatic carbocycles. The average Bonchev–Trinajstić information content (AvgIpc) is 2.40. The van der Waals surface area contributed by atoms with Crippen molar-refractivity contribution in [3.63, 3.8) is 0 Å². The molecular formula is C16H19BrO2. The first-order chi connectivity index (χ1) is 9.12. The van der Waals surface area contributed by atoms with E-state index >= 15 is 0 Å². The molecule has 0 atom stereocenters. The summed E-state index contributed by atoms with van der Waals surface area (Å²) in [6.07, 6.45) is 2.06. The molecule has 0 aliphatic rings. The highest BCUT2D eigenvalue weighted by Crippen LogP contribution is 2.39. The van der Waals surface area contributed by atoms with Gasteiger partial charge in [0.05, 0.1) is 14.2 Å². The fourth-order valence-corrected chi connectivity index (χ4v) is 2.79. The molecule has 0 bridgehead atoms. The summed E-state index contributed by atoms with van der Waals surface area (Å²) < 4.78 is 12.1. The molecule has 102 valence electrons. The number of aryl methyl sites for hydroxylation is 2. The molecule has 0 saturated carbocycles. The van der Waals surface area contributed by atoms with Gasteiger partial charge in [0, 0.05) is 10.0 Å². The van der Waals surface area contributed by atoms with E-state index in [1.54, 1.807) is 14.2 Å². The van der Waals surface area contributed by atoms with Crippen LogP contribution in [0.4, 0.5) is 0 Å². The van der Waals surface area contributed by atoms with Crippen LogP contribution < -0.4 is 9.47 Å². The second-order valence-corrected chi connectivity index (χ2v) is 5.52. The summed E-state index contributed by atoms with van der Waals surface area (Å²) in [6.45, 7) is 4.28. The molecule has 3 heteroatoms. The molecule has 0 amide bonds. The Hall–Kier alpha value is -1.22. The number of hydrogen-bond acceptors (Lipinski definition) is 2. The first kappa shape index (κ1) is 14.2. The molecule has 19 heavy (non-hydrogen) atoms. The Bertz CT molecular complexity index is 605. The molecule has 2 nitrogen and oxygen atoms in total. The summed E-state index contributed by atoms with van der Waals surface area (Å²) in [7, 11) is 3.39. The third kappa shape index (κ3) is 2.57. The van der Waals surface area contributed by atoms with E-state index < -0.39 is 0 Å². The lowest BCUT2D eigenvalue weighted by atomic mass is 9.97. The quantitative estimate of drug-likeness (QED) is 0.798. The Morgan fingerprint density at radius 3 is 2.42 bits per heavy atom. The summed E-state index contributed by atoms with van der Waals surface area (Å²) in [5, 5.41) is 2.43. The lowest BCUT2D eigenvalue weighted by Gasteiger charge is -2.16. The van der Waals surface area contributed by atoms with Gasteiger partial charge in [-0.1, -0.05) is 29.3 Å². The van der Waals surface area contributed by atoms with Crippen molar-refractivity contribution in [1.82, 2.24) is 0 Å². The van der Waals surface area contributed by atoms with Gasteiger partial charge in [0.2, 0.25) is 0 Å². The number of halogens is 1. The second kappa shape index (κ2) is 5.83. The van der Waals surface area contributed by atoms with E-state index in [0.29, 0.717) is 0 Å². The van der Waals surface area contributed by atoms with Crippen LogP contribution in [0.2, 0.25) is 0 Å². The van der Waals surface area contributed by atoms with E-state index in [1.807, 2.05) is 6.07 Å². The maximum Gasteiger partial charge on any atom is 0.164 e. The first-order valence-corrected chi connectivity index (χ1v) is 7.25. The Kier molecular flexibility index (Phi) is 4.35. The van der Waals surface area contributed by atoms with Crippen molar-refractivity contribution in [3.8, 4) is 11.5 Å². The van der Waals surface area contributed by atoms with Crippen molar-refractivity contribution >= 4 is 26.7 Å². The molecule has 2 aromatic rings. The molecule has 0 aromatic heterocycles. The Morgan fingerprint density at radius 1 is 1.11 bits per heavy atom. The third-order valence-corrected chi connectivity index (χ3v) is 4.22. The van der Waals surface area contributed by atoms with Gasteiger partial charge in [-0.05, 0) is 47.9 Å². The number of methoxy groups -OCH3 is 2. The summed E-state index contributed by atoms with van der Waals surface area (Å²) >= 11 is 3.59. The van der Waals surface area contributed by atoms with Crippen molar-refractivity contribution in [1.29, 1.82) is 0 Å². The molecule has 0 aliphatic heterocycles. The highest BCUT2D eigenvalue weighted by Gasteiger charge is 2.15. The predicted octanol–water partition coefficient (Wildman–Crippen LogP) is 4.88. The summed E-state index contributed by atoms with van der Waals surface area (Å²) in [5.41, 5.74) is 2.46. The van der Waals surface area contributed by atoms with E-state index in [0.717, 1.165) is 28.8 Å². The summed E-state index contributed by atoms with van der Waals surface area (Å²) in [5.74, 6) is 1.66. The van der Waals surface area contributed by atoms with Crippen LogP contribution in [-0.2, 0) is 6.42 Å². The van der Waals surface area contributed by atoms with Crippen molar-refractivity contribution in [2.24, 2.45) is 0 Å². The van der Waals surface area contributed by atoms with Crippen molar-refractivity contribution in [2.75, 3.05) is 14.2 Å².